The van der Waals surface area contributed by atoms with E-state index in [0.717, 1.165) is 14.9 Å². The fourth-order valence-electron chi connectivity index (χ4n) is 1.49. The highest BCUT2D eigenvalue weighted by Gasteiger charge is 2.07. The maximum atomic E-state index is 6.16. The van der Waals surface area contributed by atoms with Crippen LogP contribution < -0.4 is 10.5 Å². The van der Waals surface area contributed by atoms with Gasteiger partial charge in [0.1, 0.15) is 12.4 Å². The minimum absolute atomic E-state index is 0.0250. The van der Waals surface area contributed by atoms with Crippen molar-refractivity contribution in [2.45, 2.75) is 19.6 Å². The zero-order valence-corrected chi connectivity index (χ0v) is 13.0. The molecule has 0 bridgehead atoms. The van der Waals surface area contributed by atoms with Crippen molar-refractivity contribution in [3.8, 4) is 5.75 Å². The Labute approximate surface area is 124 Å². The second-order valence-corrected chi connectivity index (χ2v) is 6.22. The molecule has 2 aromatic rings. The second kappa shape index (κ2) is 6.06. The zero-order valence-electron chi connectivity index (χ0n) is 9.82. The molecule has 1 aromatic carbocycles. The standard InChI is InChI=1S/C13H13BrClNOS/c1-8(16)9-2-3-12(11(15)6-9)17-7-13-10(14)4-5-18-13/h2-6,8H,7,16H2,1H3. The molecule has 1 heterocycles. The number of rotatable bonds is 4. The van der Waals surface area contributed by atoms with Crippen molar-refractivity contribution in [3.05, 3.63) is 49.6 Å². The molecule has 2 nitrogen and oxygen atoms in total. The highest BCUT2D eigenvalue weighted by molar-refractivity contribution is 9.10. The molecule has 0 aliphatic heterocycles. The summed E-state index contributed by atoms with van der Waals surface area (Å²) in [5.41, 5.74) is 6.80. The molecule has 5 heteroatoms. The van der Waals surface area contributed by atoms with Crippen LogP contribution in [0.2, 0.25) is 5.02 Å². The SMILES string of the molecule is CC(N)c1ccc(OCc2sccc2Br)c(Cl)c1. The summed E-state index contributed by atoms with van der Waals surface area (Å²) in [7, 11) is 0. The number of hydrogen-bond donors (Lipinski definition) is 1. The van der Waals surface area contributed by atoms with Gasteiger partial charge in [0.25, 0.3) is 0 Å². The molecule has 0 saturated carbocycles. The largest absolute Gasteiger partial charge is 0.486 e. The molecule has 0 spiro atoms. The Kier molecular flexibility index (Phi) is 4.67. The van der Waals surface area contributed by atoms with Gasteiger partial charge in [0.2, 0.25) is 0 Å². The van der Waals surface area contributed by atoms with Gasteiger partial charge < -0.3 is 10.5 Å². The summed E-state index contributed by atoms with van der Waals surface area (Å²) in [6.45, 7) is 2.43. The lowest BCUT2D eigenvalue weighted by molar-refractivity contribution is 0.309. The van der Waals surface area contributed by atoms with E-state index in [1.807, 2.05) is 36.6 Å². The van der Waals surface area contributed by atoms with Crippen LogP contribution >= 0.6 is 38.9 Å². The van der Waals surface area contributed by atoms with E-state index in [-0.39, 0.29) is 6.04 Å². The highest BCUT2D eigenvalue weighted by Crippen LogP contribution is 2.30. The summed E-state index contributed by atoms with van der Waals surface area (Å²) in [5, 5.41) is 2.61. The minimum Gasteiger partial charge on any atom is -0.486 e. The smallest absolute Gasteiger partial charge is 0.138 e. The molecular formula is C13H13BrClNOS. The quantitative estimate of drug-likeness (QED) is 0.866. The number of hydrogen-bond acceptors (Lipinski definition) is 3. The van der Waals surface area contributed by atoms with E-state index in [9.17, 15) is 0 Å². The summed E-state index contributed by atoms with van der Waals surface area (Å²) >= 11 is 11.3. The van der Waals surface area contributed by atoms with Crippen LogP contribution in [0.5, 0.6) is 5.75 Å². The average molecular weight is 347 g/mol. The molecule has 0 aliphatic carbocycles. The van der Waals surface area contributed by atoms with Gasteiger partial charge >= 0.3 is 0 Å². The maximum absolute atomic E-state index is 6.16. The van der Waals surface area contributed by atoms with E-state index < -0.39 is 0 Å². The molecule has 1 unspecified atom stereocenters. The Morgan fingerprint density at radius 1 is 1.44 bits per heavy atom. The van der Waals surface area contributed by atoms with Gasteiger partial charge in [0.05, 0.1) is 9.90 Å². The predicted octanol–water partition coefficient (Wildman–Crippen LogP) is 4.76. The van der Waals surface area contributed by atoms with Crippen molar-refractivity contribution in [1.82, 2.24) is 0 Å². The predicted molar refractivity (Wildman–Crippen MR) is 80.4 cm³/mol. The Balaban J connectivity index is 2.08. The molecule has 0 amide bonds. The van der Waals surface area contributed by atoms with Crippen LogP contribution in [-0.2, 0) is 6.61 Å². The normalized spacial score (nSPS) is 12.4. The van der Waals surface area contributed by atoms with Gasteiger partial charge in [-0.2, -0.15) is 0 Å². The van der Waals surface area contributed by atoms with Crippen molar-refractivity contribution in [2.24, 2.45) is 5.73 Å². The van der Waals surface area contributed by atoms with Crippen LogP contribution in [0.15, 0.2) is 34.1 Å². The van der Waals surface area contributed by atoms with Crippen LogP contribution in [0.3, 0.4) is 0 Å². The number of ether oxygens (including phenoxy) is 1. The molecule has 18 heavy (non-hydrogen) atoms. The number of halogens is 2. The molecule has 0 radical (unpaired) electrons. The van der Waals surface area contributed by atoms with Crippen LogP contribution in [0.1, 0.15) is 23.4 Å². The minimum atomic E-state index is -0.0250. The van der Waals surface area contributed by atoms with Crippen molar-refractivity contribution >= 4 is 38.9 Å². The molecule has 0 fully saturated rings. The van der Waals surface area contributed by atoms with Gasteiger partial charge in [-0.25, -0.2) is 0 Å². The first-order chi connectivity index (χ1) is 8.58. The third-order valence-corrected chi connectivity index (χ3v) is 4.73. The van der Waals surface area contributed by atoms with Gasteiger partial charge in [-0.15, -0.1) is 11.3 Å². The lowest BCUT2D eigenvalue weighted by Gasteiger charge is -2.10. The van der Waals surface area contributed by atoms with Crippen molar-refractivity contribution in [3.63, 3.8) is 0 Å². The Bertz CT molecular complexity index is 542. The maximum Gasteiger partial charge on any atom is 0.138 e. The third kappa shape index (κ3) is 3.26. The second-order valence-electron chi connectivity index (χ2n) is 3.96. The summed E-state index contributed by atoms with van der Waals surface area (Å²) in [4.78, 5) is 1.14. The fourth-order valence-corrected chi connectivity index (χ4v) is 3.11. The number of benzene rings is 1. The molecular weight excluding hydrogens is 334 g/mol. The average Bonchev–Trinajstić information content (AvgIpc) is 2.73. The molecule has 2 rings (SSSR count). The van der Waals surface area contributed by atoms with Gasteiger partial charge in [-0.1, -0.05) is 17.7 Å². The zero-order chi connectivity index (χ0) is 13.1. The van der Waals surface area contributed by atoms with Crippen LogP contribution in [0.4, 0.5) is 0 Å². The summed E-state index contributed by atoms with van der Waals surface area (Å²) in [6, 6.07) is 7.63. The van der Waals surface area contributed by atoms with E-state index in [1.165, 1.54) is 0 Å². The van der Waals surface area contributed by atoms with E-state index in [0.29, 0.717) is 17.4 Å². The third-order valence-electron chi connectivity index (χ3n) is 2.53. The Morgan fingerprint density at radius 2 is 2.22 bits per heavy atom. The highest BCUT2D eigenvalue weighted by atomic mass is 79.9. The number of thiophene rings is 1. The Morgan fingerprint density at radius 3 is 2.78 bits per heavy atom. The molecule has 1 aromatic heterocycles. The van der Waals surface area contributed by atoms with Gasteiger partial charge in [0.15, 0.2) is 0 Å². The molecule has 0 aliphatic rings. The summed E-state index contributed by atoms with van der Waals surface area (Å²) in [6.07, 6.45) is 0. The lowest BCUT2D eigenvalue weighted by atomic mass is 10.1. The first-order valence-electron chi connectivity index (χ1n) is 5.47. The fraction of sp³-hybridized carbons (Fsp3) is 0.231. The monoisotopic (exact) mass is 345 g/mol. The van der Waals surface area contributed by atoms with Crippen LogP contribution in [0.25, 0.3) is 0 Å². The summed E-state index contributed by atoms with van der Waals surface area (Å²) < 4.78 is 6.77. The van der Waals surface area contributed by atoms with Crippen molar-refractivity contribution in [1.29, 1.82) is 0 Å². The van der Waals surface area contributed by atoms with Crippen molar-refractivity contribution < 1.29 is 4.74 Å². The molecule has 96 valence electrons. The van der Waals surface area contributed by atoms with Crippen LogP contribution in [0, 0.1) is 0 Å². The van der Waals surface area contributed by atoms with Crippen molar-refractivity contribution in [2.75, 3.05) is 0 Å². The summed E-state index contributed by atoms with van der Waals surface area (Å²) in [5.74, 6) is 0.682. The van der Waals surface area contributed by atoms with E-state index in [1.54, 1.807) is 11.3 Å². The van der Waals surface area contributed by atoms with E-state index in [4.69, 9.17) is 22.1 Å². The number of nitrogens with two attached hydrogens (primary N) is 1. The topological polar surface area (TPSA) is 35.2 Å². The molecule has 0 saturated heterocycles. The molecule has 2 N–H and O–H groups in total. The van der Waals surface area contributed by atoms with Gasteiger partial charge in [-0.05, 0) is 52.0 Å². The van der Waals surface area contributed by atoms with Gasteiger partial charge in [0, 0.05) is 10.5 Å². The van der Waals surface area contributed by atoms with E-state index >= 15 is 0 Å². The van der Waals surface area contributed by atoms with E-state index in [2.05, 4.69) is 15.9 Å². The first kappa shape index (κ1) is 13.9. The molecule has 1 atom stereocenters. The van der Waals surface area contributed by atoms with Gasteiger partial charge in [-0.3, -0.25) is 0 Å². The van der Waals surface area contributed by atoms with Crippen LogP contribution in [-0.4, -0.2) is 0 Å². The first-order valence-corrected chi connectivity index (χ1v) is 7.52. The Hall–Kier alpha value is -0.550. The lowest BCUT2D eigenvalue weighted by Crippen LogP contribution is -2.05.